The SMILES string of the molecule is C[C@@H](NC(=O)c1ccc(NNC(=O)OC(C)(C)C)nc1)C(=O)N1CCC[C@H]1B1O[C@H]2C[C@H]3C[C@H](C3(C)C)[C@@]2(C)O1. The molecule has 3 amide bonds. The van der Waals surface area contributed by atoms with Crippen LogP contribution in [0.4, 0.5) is 10.6 Å². The maximum Gasteiger partial charge on any atom is 0.481 e. The lowest BCUT2D eigenvalue weighted by atomic mass is 9.43. The fourth-order valence-corrected chi connectivity index (χ4v) is 7.02. The van der Waals surface area contributed by atoms with E-state index < -0.39 is 30.8 Å². The van der Waals surface area contributed by atoms with E-state index >= 15 is 0 Å². The molecule has 2 saturated heterocycles. The minimum Gasteiger partial charge on any atom is -0.443 e. The maximum absolute atomic E-state index is 13.5. The van der Waals surface area contributed by atoms with E-state index in [2.05, 4.69) is 41.9 Å². The van der Waals surface area contributed by atoms with Crippen molar-refractivity contribution in [3.8, 4) is 0 Å². The number of likely N-dealkylation sites (tertiary alicyclic amines) is 1. The van der Waals surface area contributed by atoms with Crippen LogP contribution in [-0.4, -0.2) is 70.7 Å². The molecular weight excluding hydrogens is 513 g/mol. The fraction of sp³-hybridized carbons (Fsp3) is 0.714. The molecule has 0 aromatic carbocycles. The van der Waals surface area contributed by atoms with Crippen LogP contribution in [0.1, 0.15) is 84.5 Å². The second-order valence-electron chi connectivity index (χ2n) is 13.5. The van der Waals surface area contributed by atoms with Gasteiger partial charge in [-0.3, -0.25) is 15.0 Å². The topological polar surface area (TPSA) is 131 Å². The highest BCUT2D eigenvalue weighted by Gasteiger charge is 2.69. The van der Waals surface area contributed by atoms with Gasteiger partial charge in [0.1, 0.15) is 17.5 Å². The predicted octanol–water partition coefficient (Wildman–Crippen LogP) is 3.31. The van der Waals surface area contributed by atoms with E-state index in [4.69, 9.17) is 14.0 Å². The van der Waals surface area contributed by atoms with Crippen molar-refractivity contribution >= 4 is 30.8 Å². The monoisotopic (exact) mass is 555 g/mol. The Morgan fingerprint density at radius 2 is 1.95 bits per heavy atom. The third kappa shape index (κ3) is 5.27. The molecule has 3 heterocycles. The molecule has 218 valence electrons. The second kappa shape index (κ2) is 10.2. The summed E-state index contributed by atoms with van der Waals surface area (Å²) in [5.74, 6) is 0.721. The van der Waals surface area contributed by atoms with Gasteiger partial charge >= 0.3 is 13.2 Å². The van der Waals surface area contributed by atoms with Crippen LogP contribution in [0.2, 0.25) is 0 Å². The molecule has 3 aliphatic carbocycles. The van der Waals surface area contributed by atoms with Crippen LogP contribution in [0.15, 0.2) is 18.3 Å². The number of carbonyl (C=O) groups excluding carboxylic acids is 3. The Labute approximate surface area is 236 Å². The molecule has 0 spiro atoms. The molecule has 2 aliphatic heterocycles. The Hall–Kier alpha value is -2.86. The third-order valence-corrected chi connectivity index (χ3v) is 9.30. The normalized spacial score (nSPS) is 31.1. The van der Waals surface area contributed by atoms with Gasteiger partial charge in [0.15, 0.2) is 0 Å². The van der Waals surface area contributed by atoms with E-state index in [1.807, 2.05) is 4.90 Å². The number of nitrogens with one attached hydrogen (secondary N) is 3. The van der Waals surface area contributed by atoms with Gasteiger partial charge in [-0.2, -0.15) is 0 Å². The summed E-state index contributed by atoms with van der Waals surface area (Å²) in [5, 5.41) is 2.80. The summed E-state index contributed by atoms with van der Waals surface area (Å²) < 4.78 is 18.3. The van der Waals surface area contributed by atoms with E-state index in [0.717, 1.165) is 19.3 Å². The largest absolute Gasteiger partial charge is 0.481 e. The number of anilines is 1. The average Bonchev–Trinajstić information content (AvgIpc) is 3.50. The maximum atomic E-state index is 13.5. The number of hydrazine groups is 1. The molecule has 5 fully saturated rings. The zero-order chi connectivity index (χ0) is 29.0. The van der Waals surface area contributed by atoms with E-state index in [0.29, 0.717) is 29.8 Å². The number of nitrogens with zero attached hydrogens (tertiary/aromatic N) is 2. The van der Waals surface area contributed by atoms with Crippen molar-refractivity contribution < 1.29 is 28.4 Å². The highest BCUT2D eigenvalue weighted by atomic mass is 16.7. The van der Waals surface area contributed by atoms with Crippen molar-refractivity contribution in [1.82, 2.24) is 20.6 Å². The van der Waals surface area contributed by atoms with Gasteiger partial charge < -0.3 is 24.3 Å². The first-order valence-corrected chi connectivity index (χ1v) is 14.3. The van der Waals surface area contributed by atoms with Crippen LogP contribution in [0, 0.1) is 17.3 Å². The van der Waals surface area contributed by atoms with Crippen LogP contribution in [-0.2, 0) is 18.8 Å². The molecule has 6 rings (SSSR count). The number of ether oxygens (including phenoxy) is 1. The summed E-state index contributed by atoms with van der Waals surface area (Å²) in [7, 11) is -0.446. The number of amides is 3. The van der Waals surface area contributed by atoms with Gasteiger partial charge in [0.05, 0.1) is 23.2 Å². The minimum absolute atomic E-state index is 0.0632. The Kier molecular flexibility index (Phi) is 7.31. The first-order chi connectivity index (χ1) is 18.7. The molecule has 3 saturated carbocycles. The molecule has 2 bridgehead atoms. The molecule has 40 heavy (non-hydrogen) atoms. The molecule has 11 nitrogen and oxygen atoms in total. The van der Waals surface area contributed by atoms with Gasteiger partial charge in [-0.1, -0.05) is 13.8 Å². The van der Waals surface area contributed by atoms with Gasteiger partial charge in [-0.05, 0) is 89.7 Å². The average molecular weight is 555 g/mol. The highest BCUT2D eigenvalue weighted by molar-refractivity contribution is 6.48. The molecule has 5 aliphatic rings. The second-order valence-corrected chi connectivity index (χ2v) is 13.5. The van der Waals surface area contributed by atoms with Gasteiger partial charge in [0, 0.05) is 12.7 Å². The van der Waals surface area contributed by atoms with E-state index in [9.17, 15) is 14.4 Å². The number of carbonyl (C=O) groups is 3. The molecule has 3 N–H and O–H groups in total. The van der Waals surface area contributed by atoms with E-state index in [1.54, 1.807) is 39.8 Å². The lowest BCUT2D eigenvalue weighted by molar-refractivity contribution is -0.199. The van der Waals surface area contributed by atoms with Gasteiger partial charge in [0.25, 0.3) is 5.91 Å². The smallest absolute Gasteiger partial charge is 0.443 e. The zero-order valence-corrected chi connectivity index (χ0v) is 24.6. The van der Waals surface area contributed by atoms with Crippen LogP contribution in [0.3, 0.4) is 0 Å². The first-order valence-electron chi connectivity index (χ1n) is 14.3. The van der Waals surface area contributed by atoms with Gasteiger partial charge in [-0.15, -0.1) is 0 Å². The third-order valence-electron chi connectivity index (χ3n) is 9.30. The molecule has 12 heteroatoms. The number of pyridine rings is 1. The van der Waals surface area contributed by atoms with Crippen molar-refractivity contribution in [3.63, 3.8) is 0 Å². The Balaban J connectivity index is 1.15. The molecule has 0 radical (unpaired) electrons. The fourth-order valence-electron chi connectivity index (χ4n) is 7.02. The number of hydrogen-bond acceptors (Lipinski definition) is 8. The molecule has 6 atom stereocenters. The Bertz CT molecular complexity index is 1160. The van der Waals surface area contributed by atoms with Crippen LogP contribution in [0.25, 0.3) is 0 Å². The Morgan fingerprint density at radius 3 is 2.60 bits per heavy atom. The van der Waals surface area contributed by atoms with Crippen LogP contribution < -0.4 is 16.2 Å². The molecule has 1 aromatic rings. The van der Waals surface area contributed by atoms with E-state index in [-0.39, 0.29) is 29.0 Å². The number of hydrogen-bond donors (Lipinski definition) is 3. The van der Waals surface area contributed by atoms with Gasteiger partial charge in [-0.25, -0.2) is 15.2 Å². The van der Waals surface area contributed by atoms with Crippen molar-refractivity contribution in [2.24, 2.45) is 17.3 Å². The molecule has 1 aromatic heterocycles. The highest BCUT2D eigenvalue weighted by Crippen LogP contribution is 2.65. The van der Waals surface area contributed by atoms with E-state index in [1.165, 1.54) is 12.6 Å². The van der Waals surface area contributed by atoms with Gasteiger partial charge in [0.2, 0.25) is 5.91 Å². The summed E-state index contributed by atoms with van der Waals surface area (Å²) in [5.41, 5.74) is 4.63. The molecule has 0 unspecified atom stereocenters. The standard InChI is InChI=1S/C28H42BN5O6/c1-16(31-23(35)17-10-11-22(30-15-17)32-33-25(37)38-26(2,3)4)24(36)34-12-8-9-21(34)29-39-20-14-18-13-19(27(18,5)6)28(20,7)40-29/h10-11,15-16,18-21H,8-9,12-14H2,1-7H3,(H,30,32)(H,31,35)(H,33,37)/t16-,18-,19-,20+,21+,28-/m1/s1. The summed E-state index contributed by atoms with van der Waals surface area (Å²) >= 11 is 0. The summed E-state index contributed by atoms with van der Waals surface area (Å²) in [6.07, 6.45) is 4.65. The summed E-state index contributed by atoms with van der Waals surface area (Å²) in [6.45, 7) is 14.4. The summed E-state index contributed by atoms with van der Waals surface area (Å²) in [4.78, 5) is 44.1. The lowest BCUT2D eigenvalue weighted by Crippen LogP contribution is -2.65. The van der Waals surface area contributed by atoms with Crippen molar-refractivity contribution in [3.05, 3.63) is 23.9 Å². The molecular formula is C28H42BN5O6. The van der Waals surface area contributed by atoms with Crippen LogP contribution >= 0.6 is 0 Å². The van der Waals surface area contributed by atoms with Crippen molar-refractivity contribution in [2.45, 2.75) is 103 Å². The minimum atomic E-state index is -0.731. The van der Waals surface area contributed by atoms with Crippen molar-refractivity contribution in [2.75, 3.05) is 12.0 Å². The zero-order valence-electron chi connectivity index (χ0n) is 24.6. The summed E-state index contributed by atoms with van der Waals surface area (Å²) in [6, 6.07) is 2.38. The quantitative estimate of drug-likeness (QED) is 0.360. The predicted molar refractivity (Wildman–Crippen MR) is 149 cm³/mol. The number of rotatable bonds is 6. The van der Waals surface area contributed by atoms with Crippen LogP contribution in [0.5, 0.6) is 0 Å². The first kappa shape index (κ1) is 28.7. The lowest BCUT2D eigenvalue weighted by Gasteiger charge is -2.64. The Morgan fingerprint density at radius 1 is 1.20 bits per heavy atom. The number of aromatic nitrogens is 1. The van der Waals surface area contributed by atoms with Crippen molar-refractivity contribution in [1.29, 1.82) is 0 Å².